The number of carbonyl (C=O) groups is 2. The first-order valence-electron chi connectivity index (χ1n) is 14.9. The predicted molar refractivity (Wildman–Crippen MR) is 170 cm³/mol. The van der Waals surface area contributed by atoms with Gasteiger partial charge in [-0.3, -0.25) is 25.7 Å². The van der Waals surface area contributed by atoms with Gasteiger partial charge in [0.25, 0.3) is 5.91 Å². The molecule has 226 valence electrons. The van der Waals surface area contributed by atoms with Gasteiger partial charge in [-0.25, -0.2) is 0 Å². The average Bonchev–Trinajstić information content (AvgIpc) is 3.01. The molecule has 1 unspecified atom stereocenters. The van der Waals surface area contributed by atoms with E-state index in [9.17, 15) is 14.7 Å². The standard InChI is InChI=1S/C34H36N6O4/c35-28(26-3-1-2-4-29(26)41)19-27(32(36)37)22-5-7-24(8-6-22)40-20-34(21-40)15-17-39(18-16-34)23-9-11-25(12-10-23)44-30-13-14-31(42)38-33(30)43/h1-12,19,30,35,41H,13-18,20-21H2,(H3,36,37)(H,38,42,43)/p+1/b27-19-,35-28?. The first-order chi connectivity index (χ1) is 21.2. The molecule has 3 heterocycles. The van der Waals surface area contributed by atoms with Crippen LogP contribution in [0, 0.1) is 10.8 Å². The molecule has 6 rings (SSSR count). The number of nitrogens with zero attached hydrogens (tertiary/aromatic N) is 2. The Labute approximate surface area is 256 Å². The molecule has 3 aliphatic rings. The molecule has 0 saturated carbocycles. The van der Waals surface area contributed by atoms with E-state index in [0.717, 1.165) is 56.0 Å². The van der Waals surface area contributed by atoms with Gasteiger partial charge in [0.2, 0.25) is 11.6 Å². The van der Waals surface area contributed by atoms with Crippen molar-refractivity contribution in [1.82, 2.24) is 5.32 Å². The maximum atomic E-state index is 12.0. The summed E-state index contributed by atoms with van der Waals surface area (Å²) in [6.07, 6.45) is 3.90. The summed E-state index contributed by atoms with van der Waals surface area (Å²) < 4.78 is 5.82. The summed E-state index contributed by atoms with van der Waals surface area (Å²) in [6.45, 7) is 3.95. The Morgan fingerprint density at radius 2 is 1.61 bits per heavy atom. The third-order valence-corrected chi connectivity index (χ3v) is 8.89. The van der Waals surface area contributed by atoms with Crippen LogP contribution < -0.4 is 31.0 Å². The van der Waals surface area contributed by atoms with Crippen LogP contribution in [0.15, 0.2) is 78.9 Å². The van der Waals surface area contributed by atoms with E-state index in [1.54, 1.807) is 30.3 Å². The number of nitrogens with one attached hydrogen (secondary N) is 2. The van der Waals surface area contributed by atoms with Gasteiger partial charge in [-0.1, -0.05) is 24.3 Å². The minimum atomic E-state index is -0.633. The highest BCUT2D eigenvalue weighted by Gasteiger charge is 2.45. The number of imide groups is 1. The van der Waals surface area contributed by atoms with Crippen LogP contribution in [0.2, 0.25) is 0 Å². The van der Waals surface area contributed by atoms with E-state index in [1.807, 2.05) is 36.4 Å². The van der Waals surface area contributed by atoms with Crippen molar-refractivity contribution in [2.75, 3.05) is 36.0 Å². The van der Waals surface area contributed by atoms with Crippen LogP contribution in [-0.4, -0.2) is 60.8 Å². The number of amidine groups is 1. The zero-order chi connectivity index (χ0) is 30.8. The lowest BCUT2D eigenvalue weighted by atomic mass is 9.71. The Bertz CT molecular complexity index is 1620. The molecule has 3 saturated heterocycles. The van der Waals surface area contributed by atoms with Crippen LogP contribution in [-0.2, 0) is 9.59 Å². The fraction of sp³-hybridized carbons (Fsp3) is 0.294. The smallest absolute Gasteiger partial charge is 0.267 e. The van der Waals surface area contributed by atoms with Crippen LogP contribution in [0.1, 0.15) is 36.8 Å². The predicted octanol–water partition coefficient (Wildman–Crippen LogP) is 2.25. The largest absolute Gasteiger partial charge is 0.507 e. The van der Waals surface area contributed by atoms with E-state index in [-0.39, 0.29) is 23.4 Å². The highest BCUT2D eigenvalue weighted by molar-refractivity contribution is 6.26. The van der Waals surface area contributed by atoms with E-state index in [2.05, 4.69) is 27.2 Å². The summed E-state index contributed by atoms with van der Waals surface area (Å²) in [6, 6.07) is 22.7. The maximum Gasteiger partial charge on any atom is 0.267 e. The monoisotopic (exact) mass is 593 g/mol. The van der Waals surface area contributed by atoms with Gasteiger partial charge in [-0.15, -0.1) is 0 Å². The topological polar surface area (TPSA) is 158 Å². The van der Waals surface area contributed by atoms with Crippen molar-refractivity contribution in [2.24, 2.45) is 11.1 Å². The molecule has 44 heavy (non-hydrogen) atoms. The number of rotatable bonds is 8. The zero-order valence-corrected chi connectivity index (χ0v) is 24.5. The second-order valence-electron chi connectivity index (χ2n) is 11.9. The van der Waals surface area contributed by atoms with Gasteiger partial charge >= 0.3 is 0 Å². The minimum Gasteiger partial charge on any atom is -0.507 e. The van der Waals surface area contributed by atoms with Gasteiger partial charge < -0.3 is 25.4 Å². The minimum absolute atomic E-state index is 0.0755. The molecule has 3 aromatic rings. The molecule has 0 aliphatic carbocycles. The van der Waals surface area contributed by atoms with E-state index < -0.39 is 6.10 Å². The number of carbonyl (C=O) groups excluding carboxylic acids is 2. The third-order valence-electron chi connectivity index (χ3n) is 8.89. The first kappa shape index (κ1) is 29.0. The summed E-state index contributed by atoms with van der Waals surface area (Å²) in [5.74, 6) is -0.0204. The Morgan fingerprint density at radius 3 is 2.25 bits per heavy atom. The van der Waals surface area contributed by atoms with Crippen molar-refractivity contribution in [3.8, 4) is 11.5 Å². The summed E-state index contributed by atoms with van der Waals surface area (Å²) in [7, 11) is 0. The quantitative estimate of drug-likeness (QED) is 0.152. The van der Waals surface area contributed by atoms with Crippen molar-refractivity contribution in [2.45, 2.75) is 31.8 Å². The number of benzene rings is 3. The second kappa shape index (κ2) is 11.9. The number of phenolic OH excluding ortho intramolecular Hbond substituents is 1. The van der Waals surface area contributed by atoms with Crippen molar-refractivity contribution >= 4 is 40.3 Å². The lowest BCUT2D eigenvalue weighted by Crippen LogP contribution is -2.60. The number of amides is 2. The Kier molecular flexibility index (Phi) is 7.82. The highest BCUT2D eigenvalue weighted by Crippen LogP contribution is 2.43. The summed E-state index contributed by atoms with van der Waals surface area (Å²) >= 11 is 0. The number of allylic oxidation sites excluding steroid dienone is 1. The highest BCUT2D eigenvalue weighted by atomic mass is 16.5. The second-order valence-corrected chi connectivity index (χ2v) is 11.9. The van der Waals surface area contributed by atoms with Crippen molar-refractivity contribution in [3.05, 3.63) is 90.0 Å². The molecular formula is C34H37N6O4+. The number of piperidine rings is 2. The van der Waals surface area contributed by atoms with E-state index in [1.165, 1.54) is 0 Å². The van der Waals surface area contributed by atoms with Gasteiger partial charge in [-0.05, 0) is 66.9 Å². The van der Waals surface area contributed by atoms with Crippen LogP contribution in [0.4, 0.5) is 11.4 Å². The van der Waals surface area contributed by atoms with E-state index in [0.29, 0.717) is 40.9 Å². The first-order valence-corrected chi connectivity index (χ1v) is 14.9. The normalized spacial score (nSPS) is 19.7. The van der Waals surface area contributed by atoms with Gasteiger partial charge in [0.05, 0.1) is 5.56 Å². The number of hydrogen-bond acceptors (Lipinski definition) is 7. The molecule has 0 bridgehead atoms. The van der Waals surface area contributed by atoms with E-state index in [4.69, 9.17) is 21.3 Å². The van der Waals surface area contributed by atoms with Crippen LogP contribution in [0.3, 0.4) is 0 Å². The molecule has 0 aromatic heterocycles. The molecular weight excluding hydrogens is 556 g/mol. The van der Waals surface area contributed by atoms with Gasteiger partial charge in [0, 0.05) is 67.5 Å². The SMILES string of the molecule is N=C(N)/C(=C\C(=[NH2+])c1ccccc1O)c1ccc(N2CC3(CCN(c4ccc(OC5CCC(=O)NC5=O)cc4)CC3)C2)cc1. The van der Waals surface area contributed by atoms with Gasteiger partial charge in [-0.2, -0.15) is 0 Å². The molecule has 10 heteroatoms. The Balaban J connectivity index is 1.02. The number of phenols is 1. The average molecular weight is 594 g/mol. The van der Waals surface area contributed by atoms with E-state index >= 15 is 0 Å². The molecule has 10 nitrogen and oxygen atoms in total. The number of hydrogen-bond donors (Lipinski definition) is 5. The number of para-hydroxylation sites is 1. The summed E-state index contributed by atoms with van der Waals surface area (Å²) in [5.41, 5.74) is 10.6. The van der Waals surface area contributed by atoms with Gasteiger partial charge in [0.15, 0.2) is 6.10 Å². The van der Waals surface area contributed by atoms with Crippen molar-refractivity contribution in [1.29, 1.82) is 5.41 Å². The Morgan fingerprint density at radius 1 is 0.977 bits per heavy atom. The number of ether oxygens (including phenoxy) is 1. The van der Waals surface area contributed by atoms with Crippen molar-refractivity contribution in [3.63, 3.8) is 0 Å². The molecule has 1 spiro atoms. The number of aromatic hydroxyl groups is 1. The molecule has 1 atom stereocenters. The molecule has 3 aromatic carbocycles. The molecule has 2 amide bonds. The van der Waals surface area contributed by atoms with Crippen molar-refractivity contribution < 1.29 is 24.8 Å². The zero-order valence-electron chi connectivity index (χ0n) is 24.5. The van der Waals surface area contributed by atoms with Crippen LogP contribution in [0.5, 0.6) is 11.5 Å². The maximum absolute atomic E-state index is 12.0. The molecule has 0 radical (unpaired) electrons. The lowest BCUT2D eigenvalue weighted by molar-refractivity contribution is -0.138. The molecule has 3 aliphatic heterocycles. The molecule has 3 fully saturated rings. The number of nitrogens with two attached hydrogens (primary N) is 2. The van der Waals surface area contributed by atoms with Crippen LogP contribution in [0.25, 0.3) is 5.57 Å². The van der Waals surface area contributed by atoms with Gasteiger partial charge in [0.1, 0.15) is 17.3 Å². The summed E-state index contributed by atoms with van der Waals surface area (Å²) in [5, 5.41) is 26.8. The fourth-order valence-corrected chi connectivity index (χ4v) is 6.31. The molecule has 7 N–H and O–H groups in total. The Hall–Kier alpha value is -5.12. The summed E-state index contributed by atoms with van der Waals surface area (Å²) in [4.78, 5) is 28.1. The third kappa shape index (κ3) is 6.01. The van der Waals surface area contributed by atoms with Crippen LogP contribution >= 0.6 is 0 Å². The number of anilines is 2. The lowest BCUT2D eigenvalue weighted by Gasteiger charge is -2.55. The fourth-order valence-electron chi connectivity index (χ4n) is 6.31.